The van der Waals surface area contributed by atoms with Crippen molar-refractivity contribution in [1.29, 1.82) is 0 Å². The van der Waals surface area contributed by atoms with Crippen molar-refractivity contribution in [1.82, 2.24) is 25.2 Å². The number of carbonyl (C=O) groups excluding carboxylic acids is 1. The highest BCUT2D eigenvalue weighted by Crippen LogP contribution is 2.40. The fourth-order valence-electron chi connectivity index (χ4n) is 2.80. The van der Waals surface area contributed by atoms with Gasteiger partial charge in [0.1, 0.15) is 11.9 Å². The van der Waals surface area contributed by atoms with Crippen LogP contribution in [0.25, 0.3) is 0 Å². The lowest BCUT2D eigenvalue weighted by atomic mass is 10.2. The lowest BCUT2D eigenvalue weighted by molar-refractivity contribution is -0.0269. The number of hydrogen-bond acceptors (Lipinski definition) is 6. The molecule has 4 rings (SSSR count). The number of aromatic nitrogens is 4. The molecular formula is C16H21N5O3. The van der Waals surface area contributed by atoms with Gasteiger partial charge in [-0.1, -0.05) is 19.0 Å². The predicted octanol–water partition coefficient (Wildman–Crippen LogP) is 2.01. The Morgan fingerprint density at radius 1 is 1.42 bits per heavy atom. The highest BCUT2D eigenvalue weighted by molar-refractivity contribution is 5.92. The largest absolute Gasteiger partial charge is 0.367 e. The molecule has 1 N–H and O–H groups in total. The third kappa shape index (κ3) is 2.93. The van der Waals surface area contributed by atoms with Crippen LogP contribution in [0.5, 0.6) is 0 Å². The Labute approximate surface area is 139 Å². The second-order valence-corrected chi connectivity index (χ2v) is 6.73. The molecule has 2 aromatic rings. The van der Waals surface area contributed by atoms with E-state index in [1.807, 2.05) is 13.8 Å². The van der Waals surface area contributed by atoms with Crippen LogP contribution in [-0.4, -0.2) is 50.8 Å². The molecule has 2 fully saturated rings. The van der Waals surface area contributed by atoms with Gasteiger partial charge in [0.05, 0.1) is 13.2 Å². The van der Waals surface area contributed by atoms with Crippen LogP contribution < -0.4 is 0 Å². The Hall–Kier alpha value is -2.22. The molecule has 0 unspecified atom stereocenters. The first-order chi connectivity index (χ1) is 11.6. The van der Waals surface area contributed by atoms with Gasteiger partial charge in [-0.3, -0.25) is 9.89 Å². The summed E-state index contributed by atoms with van der Waals surface area (Å²) in [5, 5.41) is 11.1. The summed E-state index contributed by atoms with van der Waals surface area (Å²) in [5.74, 6) is 2.80. The number of H-pyrrole nitrogens is 1. The van der Waals surface area contributed by atoms with Crippen LogP contribution in [0.2, 0.25) is 0 Å². The van der Waals surface area contributed by atoms with Crippen LogP contribution in [0, 0.1) is 0 Å². The Morgan fingerprint density at radius 2 is 2.25 bits per heavy atom. The van der Waals surface area contributed by atoms with Gasteiger partial charge >= 0.3 is 0 Å². The summed E-state index contributed by atoms with van der Waals surface area (Å²) in [6.45, 7) is 5.49. The SMILES string of the molecule is CC(C)c1n[nH]c([C@H]2CN(C(=O)c3cc(C4CC4)on3)CCO2)n1. The first-order valence-corrected chi connectivity index (χ1v) is 8.41. The van der Waals surface area contributed by atoms with Crippen molar-refractivity contribution in [3.63, 3.8) is 0 Å². The van der Waals surface area contributed by atoms with Gasteiger partial charge in [-0.15, -0.1) is 0 Å². The summed E-state index contributed by atoms with van der Waals surface area (Å²) >= 11 is 0. The van der Waals surface area contributed by atoms with E-state index in [2.05, 4.69) is 20.3 Å². The minimum Gasteiger partial charge on any atom is -0.367 e. The molecule has 128 valence electrons. The summed E-state index contributed by atoms with van der Waals surface area (Å²) in [7, 11) is 0. The van der Waals surface area contributed by atoms with E-state index in [-0.39, 0.29) is 17.9 Å². The zero-order valence-electron chi connectivity index (χ0n) is 13.9. The van der Waals surface area contributed by atoms with Crippen molar-refractivity contribution in [2.75, 3.05) is 19.7 Å². The minimum atomic E-state index is -0.294. The molecule has 8 heteroatoms. The van der Waals surface area contributed by atoms with Crippen LogP contribution in [-0.2, 0) is 4.74 Å². The van der Waals surface area contributed by atoms with Crippen molar-refractivity contribution in [3.05, 3.63) is 29.2 Å². The Balaban J connectivity index is 1.45. The van der Waals surface area contributed by atoms with Crippen molar-refractivity contribution >= 4 is 5.91 Å². The molecule has 2 aromatic heterocycles. The molecule has 0 aromatic carbocycles. The maximum Gasteiger partial charge on any atom is 0.276 e. The molecule has 1 amide bonds. The van der Waals surface area contributed by atoms with E-state index in [1.54, 1.807) is 11.0 Å². The number of nitrogens with zero attached hydrogens (tertiary/aromatic N) is 4. The molecule has 1 saturated heterocycles. The monoisotopic (exact) mass is 331 g/mol. The normalized spacial score (nSPS) is 21.5. The van der Waals surface area contributed by atoms with Crippen molar-refractivity contribution < 1.29 is 14.1 Å². The first-order valence-electron chi connectivity index (χ1n) is 8.41. The minimum absolute atomic E-state index is 0.123. The lowest BCUT2D eigenvalue weighted by Crippen LogP contribution is -2.42. The Morgan fingerprint density at radius 3 is 2.96 bits per heavy atom. The summed E-state index contributed by atoms with van der Waals surface area (Å²) in [5.41, 5.74) is 0.373. The number of ether oxygens (including phenoxy) is 1. The second-order valence-electron chi connectivity index (χ2n) is 6.73. The van der Waals surface area contributed by atoms with Gasteiger partial charge in [-0.05, 0) is 12.8 Å². The number of amides is 1. The van der Waals surface area contributed by atoms with E-state index < -0.39 is 0 Å². The van der Waals surface area contributed by atoms with E-state index in [4.69, 9.17) is 9.26 Å². The number of rotatable bonds is 4. The second kappa shape index (κ2) is 6.01. The maximum atomic E-state index is 12.6. The number of aromatic amines is 1. The molecule has 1 aliphatic carbocycles. The highest BCUT2D eigenvalue weighted by atomic mass is 16.5. The Bertz CT molecular complexity index is 734. The quantitative estimate of drug-likeness (QED) is 0.920. The third-order valence-electron chi connectivity index (χ3n) is 4.42. The summed E-state index contributed by atoms with van der Waals surface area (Å²) in [6.07, 6.45) is 1.94. The zero-order chi connectivity index (χ0) is 16.7. The van der Waals surface area contributed by atoms with Crippen molar-refractivity contribution in [2.45, 2.75) is 44.6 Å². The fraction of sp³-hybridized carbons (Fsp3) is 0.625. The number of hydrogen-bond donors (Lipinski definition) is 1. The molecule has 8 nitrogen and oxygen atoms in total. The van der Waals surface area contributed by atoms with Crippen LogP contribution in [0.3, 0.4) is 0 Å². The first kappa shape index (κ1) is 15.3. The van der Waals surface area contributed by atoms with Gasteiger partial charge in [-0.25, -0.2) is 4.98 Å². The summed E-state index contributed by atoms with van der Waals surface area (Å²) in [4.78, 5) is 18.9. The summed E-state index contributed by atoms with van der Waals surface area (Å²) < 4.78 is 11.0. The smallest absolute Gasteiger partial charge is 0.276 e. The van der Waals surface area contributed by atoms with Crippen LogP contribution >= 0.6 is 0 Å². The van der Waals surface area contributed by atoms with Crippen LogP contribution in [0.1, 0.15) is 72.5 Å². The van der Waals surface area contributed by atoms with Gasteiger partial charge < -0.3 is 14.2 Å². The Kier molecular flexibility index (Phi) is 3.84. The van der Waals surface area contributed by atoms with E-state index >= 15 is 0 Å². The maximum absolute atomic E-state index is 12.6. The number of morpholine rings is 1. The van der Waals surface area contributed by atoms with Gasteiger partial charge in [0.25, 0.3) is 5.91 Å². The zero-order valence-corrected chi connectivity index (χ0v) is 13.9. The third-order valence-corrected chi connectivity index (χ3v) is 4.42. The molecular weight excluding hydrogens is 310 g/mol. The topological polar surface area (TPSA) is 97.1 Å². The highest BCUT2D eigenvalue weighted by Gasteiger charge is 2.32. The average Bonchev–Trinajstić information content (AvgIpc) is 3.13. The predicted molar refractivity (Wildman–Crippen MR) is 83.5 cm³/mol. The summed E-state index contributed by atoms with van der Waals surface area (Å²) in [6, 6.07) is 1.77. The average molecular weight is 331 g/mol. The molecule has 0 bridgehead atoms. The molecule has 1 atom stereocenters. The van der Waals surface area contributed by atoms with Crippen LogP contribution in [0.15, 0.2) is 10.6 Å². The van der Waals surface area contributed by atoms with Gasteiger partial charge in [0.15, 0.2) is 17.3 Å². The van der Waals surface area contributed by atoms with E-state index in [0.717, 1.165) is 24.4 Å². The molecule has 0 spiro atoms. The molecule has 1 saturated carbocycles. The van der Waals surface area contributed by atoms with Crippen LogP contribution in [0.4, 0.5) is 0 Å². The van der Waals surface area contributed by atoms with E-state index in [1.165, 1.54) is 0 Å². The van der Waals surface area contributed by atoms with Crippen molar-refractivity contribution in [3.8, 4) is 0 Å². The van der Waals surface area contributed by atoms with Gasteiger partial charge in [-0.2, -0.15) is 5.10 Å². The molecule has 2 aliphatic rings. The van der Waals surface area contributed by atoms with E-state index in [0.29, 0.717) is 37.1 Å². The molecule has 0 radical (unpaired) electrons. The van der Waals surface area contributed by atoms with E-state index in [9.17, 15) is 4.79 Å². The number of nitrogens with one attached hydrogen (secondary N) is 1. The lowest BCUT2D eigenvalue weighted by Gasteiger charge is -2.31. The molecule has 1 aliphatic heterocycles. The molecule has 24 heavy (non-hydrogen) atoms. The standard InChI is InChI=1S/C16H21N5O3/c1-9(2)14-17-15(19-18-14)13-8-21(5-6-23-13)16(22)11-7-12(24-20-11)10-3-4-10/h7,9-10,13H,3-6,8H2,1-2H3,(H,17,18,19)/t13-/m1/s1. The van der Waals surface area contributed by atoms with Gasteiger partial charge in [0.2, 0.25) is 0 Å². The fourth-order valence-corrected chi connectivity index (χ4v) is 2.80. The van der Waals surface area contributed by atoms with Crippen molar-refractivity contribution in [2.24, 2.45) is 0 Å². The number of carbonyl (C=O) groups is 1. The van der Waals surface area contributed by atoms with Gasteiger partial charge in [0, 0.05) is 24.4 Å². The molecule has 3 heterocycles.